The molecule has 9 heteroatoms. The summed E-state index contributed by atoms with van der Waals surface area (Å²) in [5.74, 6) is -0.0450. The minimum absolute atomic E-state index is 0.170. The largest absolute Gasteiger partial charge is 0.463 e. The lowest BCUT2D eigenvalue weighted by molar-refractivity contribution is -0.151. The van der Waals surface area contributed by atoms with Gasteiger partial charge in [-0.3, -0.25) is 14.6 Å². The lowest BCUT2D eigenvalue weighted by Crippen LogP contribution is -2.24. The van der Waals surface area contributed by atoms with Crippen LogP contribution in [0.2, 0.25) is 0 Å². The second-order valence-electron chi connectivity index (χ2n) is 5.71. The molecule has 2 aromatic rings. The number of imidazole rings is 1. The first kappa shape index (κ1) is 17.9. The highest BCUT2D eigenvalue weighted by Gasteiger charge is 2.15. The Hall–Kier alpha value is -2.42. The minimum atomic E-state index is -0.294. The van der Waals surface area contributed by atoms with Crippen molar-refractivity contribution in [3.63, 3.8) is 0 Å². The first-order valence-electron chi connectivity index (χ1n) is 7.78. The molecule has 0 bridgehead atoms. The normalized spacial score (nSPS) is 12.5. The highest BCUT2D eigenvalue weighted by Crippen LogP contribution is 2.10. The summed E-state index contributed by atoms with van der Waals surface area (Å²) in [7, 11) is 3.25. The van der Waals surface area contributed by atoms with E-state index < -0.39 is 0 Å². The van der Waals surface area contributed by atoms with Crippen LogP contribution >= 0.6 is 0 Å². The SMILES string of the molecule is CNc1nc2c(ncn2CCC(COC(=O)C(C)C)OC)c(=O)[nH]1. The van der Waals surface area contributed by atoms with Crippen LogP contribution < -0.4 is 10.9 Å². The molecule has 1 atom stereocenters. The number of methoxy groups -OCH3 is 1. The van der Waals surface area contributed by atoms with Crippen molar-refractivity contribution in [3.8, 4) is 0 Å². The second kappa shape index (κ2) is 7.91. The molecule has 0 aliphatic rings. The highest BCUT2D eigenvalue weighted by molar-refractivity contribution is 5.71. The Balaban J connectivity index is 2.05. The summed E-state index contributed by atoms with van der Waals surface area (Å²) in [5, 5.41) is 2.81. The molecule has 0 fully saturated rings. The lowest BCUT2D eigenvalue weighted by Gasteiger charge is -2.16. The molecule has 9 nitrogen and oxygen atoms in total. The first-order chi connectivity index (χ1) is 11.5. The van der Waals surface area contributed by atoms with Crippen LogP contribution in [0.1, 0.15) is 20.3 Å². The van der Waals surface area contributed by atoms with Gasteiger partial charge in [0, 0.05) is 20.7 Å². The number of carbonyl (C=O) groups is 1. The van der Waals surface area contributed by atoms with Gasteiger partial charge in [-0.05, 0) is 6.42 Å². The third kappa shape index (κ3) is 4.10. The fourth-order valence-corrected chi connectivity index (χ4v) is 2.13. The van der Waals surface area contributed by atoms with E-state index in [1.54, 1.807) is 38.9 Å². The van der Waals surface area contributed by atoms with Crippen LogP contribution in [0.3, 0.4) is 0 Å². The summed E-state index contributed by atoms with van der Waals surface area (Å²) in [6.07, 6.45) is 1.92. The number of hydrogen-bond donors (Lipinski definition) is 2. The zero-order valence-corrected chi connectivity index (χ0v) is 14.3. The van der Waals surface area contributed by atoms with Gasteiger partial charge in [0.25, 0.3) is 5.56 Å². The van der Waals surface area contributed by atoms with E-state index in [-0.39, 0.29) is 35.7 Å². The van der Waals surface area contributed by atoms with E-state index in [0.29, 0.717) is 24.6 Å². The number of aromatic nitrogens is 4. The highest BCUT2D eigenvalue weighted by atomic mass is 16.6. The van der Waals surface area contributed by atoms with E-state index in [0.717, 1.165) is 0 Å². The van der Waals surface area contributed by atoms with Gasteiger partial charge in [-0.25, -0.2) is 4.98 Å². The Kier molecular flexibility index (Phi) is 5.91. The number of ether oxygens (including phenoxy) is 2. The van der Waals surface area contributed by atoms with Crippen molar-refractivity contribution in [1.29, 1.82) is 0 Å². The Morgan fingerprint density at radius 2 is 2.21 bits per heavy atom. The fraction of sp³-hybridized carbons (Fsp3) is 0.600. The molecule has 132 valence electrons. The number of carbonyl (C=O) groups excluding carboxylic acids is 1. The van der Waals surface area contributed by atoms with E-state index in [2.05, 4.69) is 20.3 Å². The molecular weight excluding hydrogens is 314 g/mol. The number of anilines is 1. The molecule has 0 saturated heterocycles. The van der Waals surface area contributed by atoms with Crippen LogP contribution in [0.5, 0.6) is 0 Å². The number of H-pyrrole nitrogens is 1. The number of rotatable bonds is 8. The summed E-state index contributed by atoms with van der Waals surface area (Å²) in [5.41, 5.74) is 0.489. The van der Waals surface area contributed by atoms with E-state index >= 15 is 0 Å². The van der Waals surface area contributed by atoms with Crippen LogP contribution in [0.4, 0.5) is 5.95 Å². The molecule has 0 spiro atoms. The van der Waals surface area contributed by atoms with Gasteiger partial charge in [0.05, 0.1) is 18.3 Å². The van der Waals surface area contributed by atoms with Crippen molar-refractivity contribution in [2.24, 2.45) is 5.92 Å². The topological polar surface area (TPSA) is 111 Å². The number of fused-ring (bicyclic) bond motifs is 1. The van der Waals surface area contributed by atoms with Gasteiger partial charge in [0.15, 0.2) is 11.2 Å². The Morgan fingerprint density at radius 3 is 2.83 bits per heavy atom. The summed E-state index contributed by atoms with van der Waals surface area (Å²) >= 11 is 0. The maximum absolute atomic E-state index is 11.9. The van der Waals surface area contributed by atoms with E-state index in [9.17, 15) is 9.59 Å². The first-order valence-corrected chi connectivity index (χ1v) is 7.78. The maximum atomic E-state index is 11.9. The Morgan fingerprint density at radius 1 is 1.46 bits per heavy atom. The summed E-state index contributed by atoms with van der Waals surface area (Å²) in [4.78, 5) is 34.5. The summed E-state index contributed by atoms with van der Waals surface area (Å²) in [6.45, 7) is 4.29. The van der Waals surface area contributed by atoms with Gasteiger partial charge in [-0.1, -0.05) is 13.8 Å². The van der Waals surface area contributed by atoms with Crippen LogP contribution in [0.15, 0.2) is 11.1 Å². The predicted molar refractivity (Wildman–Crippen MR) is 88.9 cm³/mol. The molecule has 2 aromatic heterocycles. The lowest BCUT2D eigenvalue weighted by atomic mass is 10.2. The molecule has 0 aliphatic heterocycles. The molecule has 0 aliphatic carbocycles. The molecule has 24 heavy (non-hydrogen) atoms. The maximum Gasteiger partial charge on any atom is 0.308 e. The predicted octanol–water partition coefficient (Wildman–Crippen LogP) is 0.766. The molecule has 0 radical (unpaired) electrons. The monoisotopic (exact) mass is 337 g/mol. The second-order valence-corrected chi connectivity index (χ2v) is 5.71. The number of nitrogens with zero attached hydrogens (tertiary/aromatic N) is 3. The number of esters is 1. The number of nitrogens with one attached hydrogen (secondary N) is 2. The van der Waals surface area contributed by atoms with Crippen LogP contribution in [-0.2, 0) is 20.8 Å². The Labute approximate surface area is 139 Å². The smallest absolute Gasteiger partial charge is 0.308 e. The molecule has 0 aromatic carbocycles. The van der Waals surface area contributed by atoms with Crippen molar-refractivity contribution in [3.05, 3.63) is 16.7 Å². The van der Waals surface area contributed by atoms with E-state index in [1.165, 1.54) is 0 Å². The summed E-state index contributed by atoms with van der Waals surface area (Å²) < 4.78 is 12.3. The van der Waals surface area contributed by atoms with Crippen molar-refractivity contribution < 1.29 is 14.3 Å². The van der Waals surface area contributed by atoms with Crippen molar-refractivity contribution in [1.82, 2.24) is 19.5 Å². The Bertz CT molecular complexity index is 752. The number of aromatic amines is 1. The van der Waals surface area contributed by atoms with Crippen LogP contribution in [0.25, 0.3) is 11.2 Å². The zero-order chi connectivity index (χ0) is 17.7. The fourth-order valence-electron chi connectivity index (χ4n) is 2.13. The quantitative estimate of drug-likeness (QED) is 0.684. The molecule has 2 N–H and O–H groups in total. The van der Waals surface area contributed by atoms with E-state index in [1.807, 2.05) is 0 Å². The molecule has 2 rings (SSSR count). The third-order valence-corrected chi connectivity index (χ3v) is 3.62. The van der Waals surface area contributed by atoms with Crippen LogP contribution in [-0.4, -0.2) is 52.4 Å². The van der Waals surface area contributed by atoms with Gasteiger partial charge >= 0.3 is 5.97 Å². The average molecular weight is 337 g/mol. The van der Waals surface area contributed by atoms with Gasteiger partial charge in [0.1, 0.15) is 6.61 Å². The summed E-state index contributed by atoms with van der Waals surface area (Å²) in [6, 6.07) is 0. The molecule has 0 saturated carbocycles. The average Bonchev–Trinajstić information content (AvgIpc) is 2.98. The standard InChI is InChI=1S/C15H23N5O4/c1-9(2)14(22)24-7-10(23-4)5-6-20-8-17-11-12(20)18-15(16-3)19-13(11)21/h8-10H,5-7H2,1-4H3,(H2,16,18,19,21). The van der Waals surface area contributed by atoms with Crippen LogP contribution in [0, 0.1) is 5.92 Å². The van der Waals surface area contributed by atoms with Gasteiger partial charge in [0.2, 0.25) is 5.95 Å². The molecule has 0 amide bonds. The molecule has 2 heterocycles. The number of hydrogen-bond acceptors (Lipinski definition) is 7. The minimum Gasteiger partial charge on any atom is -0.463 e. The molecular formula is C15H23N5O4. The van der Waals surface area contributed by atoms with Crippen molar-refractivity contribution in [2.75, 3.05) is 26.1 Å². The molecule has 1 unspecified atom stereocenters. The van der Waals surface area contributed by atoms with Gasteiger partial charge in [-0.2, -0.15) is 4.98 Å². The van der Waals surface area contributed by atoms with Gasteiger partial charge < -0.3 is 19.4 Å². The number of aryl methyl sites for hydroxylation is 1. The zero-order valence-electron chi connectivity index (χ0n) is 14.3. The third-order valence-electron chi connectivity index (χ3n) is 3.62. The van der Waals surface area contributed by atoms with Crippen molar-refractivity contribution >= 4 is 23.1 Å². The van der Waals surface area contributed by atoms with Gasteiger partial charge in [-0.15, -0.1) is 0 Å². The van der Waals surface area contributed by atoms with E-state index in [4.69, 9.17) is 9.47 Å². The van der Waals surface area contributed by atoms with Crippen molar-refractivity contribution in [2.45, 2.75) is 32.9 Å².